The van der Waals surface area contributed by atoms with Gasteiger partial charge in [-0.3, -0.25) is 4.79 Å². The molecule has 0 radical (unpaired) electrons. The Morgan fingerprint density at radius 1 is 1.46 bits per heavy atom. The summed E-state index contributed by atoms with van der Waals surface area (Å²) in [6.45, 7) is 0. The zero-order chi connectivity index (χ0) is 9.26. The highest BCUT2D eigenvalue weighted by molar-refractivity contribution is 5.73. The SMILES string of the molecule is COC(=O)[C@H]1CC=CC2CCCC21. The predicted molar refractivity (Wildman–Crippen MR) is 50.1 cm³/mol. The van der Waals surface area contributed by atoms with Gasteiger partial charge >= 0.3 is 5.97 Å². The van der Waals surface area contributed by atoms with Crippen LogP contribution in [0.15, 0.2) is 12.2 Å². The summed E-state index contributed by atoms with van der Waals surface area (Å²) in [7, 11) is 1.49. The van der Waals surface area contributed by atoms with Crippen molar-refractivity contribution in [3.63, 3.8) is 0 Å². The lowest BCUT2D eigenvalue weighted by Crippen LogP contribution is -2.28. The van der Waals surface area contributed by atoms with E-state index < -0.39 is 0 Å². The van der Waals surface area contributed by atoms with Gasteiger partial charge in [0.05, 0.1) is 13.0 Å². The van der Waals surface area contributed by atoms with Gasteiger partial charge in [0.25, 0.3) is 0 Å². The first-order chi connectivity index (χ1) is 6.33. The molecule has 13 heavy (non-hydrogen) atoms. The van der Waals surface area contributed by atoms with E-state index in [1.165, 1.54) is 26.4 Å². The molecule has 0 aromatic rings. The Hall–Kier alpha value is -0.790. The summed E-state index contributed by atoms with van der Waals surface area (Å²) in [6.07, 6.45) is 9.05. The summed E-state index contributed by atoms with van der Waals surface area (Å²) in [5.41, 5.74) is 0. The second kappa shape index (κ2) is 3.52. The summed E-state index contributed by atoms with van der Waals surface area (Å²) in [4.78, 5) is 11.5. The number of hydrogen-bond donors (Lipinski definition) is 0. The van der Waals surface area contributed by atoms with Gasteiger partial charge in [-0.15, -0.1) is 0 Å². The normalized spacial score (nSPS) is 37.2. The van der Waals surface area contributed by atoms with Crippen LogP contribution >= 0.6 is 0 Å². The Bertz CT molecular complexity index is 232. The van der Waals surface area contributed by atoms with Crippen LogP contribution in [0.3, 0.4) is 0 Å². The lowest BCUT2D eigenvalue weighted by Gasteiger charge is -2.27. The number of methoxy groups -OCH3 is 1. The van der Waals surface area contributed by atoms with Crippen molar-refractivity contribution in [2.45, 2.75) is 25.7 Å². The Balaban J connectivity index is 2.12. The molecule has 1 fully saturated rings. The van der Waals surface area contributed by atoms with Gasteiger partial charge in [0, 0.05) is 0 Å². The maximum absolute atomic E-state index is 11.5. The summed E-state index contributed by atoms with van der Waals surface area (Å²) in [5, 5.41) is 0. The van der Waals surface area contributed by atoms with Crippen molar-refractivity contribution >= 4 is 5.97 Å². The van der Waals surface area contributed by atoms with Crippen molar-refractivity contribution in [3.8, 4) is 0 Å². The van der Waals surface area contributed by atoms with Crippen LogP contribution in [0.2, 0.25) is 0 Å². The number of esters is 1. The number of fused-ring (bicyclic) bond motifs is 1. The highest BCUT2D eigenvalue weighted by atomic mass is 16.5. The van der Waals surface area contributed by atoms with E-state index in [0.29, 0.717) is 11.8 Å². The molecular formula is C11H16O2. The minimum atomic E-state index is -0.0127. The maximum Gasteiger partial charge on any atom is 0.309 e. The van der Waals surface area contributed by atoms with E-state index >= 15 is 0 Å². The van der Waals surface area contributed by atoms with Crippen molar-refractivity contribution in [1.29, 1.82) is 0 Å². The molecule has 0 heterocycles. The maximum atomic E-state index is 11.5. The van der Waals surface area contributed by atoms with Crippen LogP contribution in [0.4, 0.5) is 0 Å². The van der Waals surface area contributed by atoms with Gasteiger partial charge in [0.15, 0.2) is 0 Å². The summed E-state index contributed by atoms with van der Waals surface area (Å²) >= 11 is 0. The van der Waals surface area contributed by atoms with Crippen LogP contribution in [0.25, 0.3) is 0 Å². The highest BCUT2D eigenvalue weighted by Crippen LogP contribution is 2.42. The van der Waals surface area contributed by atoms with Gasteiger partial charge in [0.2, 0.25) is 0 Å². The fraction of sp³-hybridized carbons (Fsp3) is 0.727. The zero-order valence-corrected chi connectivity index (χ0v) is 8.03. The van der Waals surface area contributed by atoms with E-state index in [9.17, 15) is 4.79 Å². The van der Waals surface area contributed by atoms with Gasteiger partial charge in [-0.25, -0.2) is 0 Å². The van der Waals surface area contributed by atoms with Gasteiger partial charge < -0.3 is 4.74 Å². The van der Waals surface area contributed by atoms with Gasteiger partial charge in [0.1, 0.15) is 0 Å². The third-order valence-electron chi connectivity index (χ3n) is 3.42. The van der Waals surface area contributed by atoms with Crippen LogP contribution in [0.1, 0.15) is 25.7 Å². The minimum Gasteiger partial charge on any atom is -0.469 e. The molecule has 0 bridgehead atoms. The van der Waals surface area contributed by atoms with Gasteiger partial charge in [-0.05, 0) is 31.1 Å². The quantitative estimate of drug-likeness (QED) is 0.456. The second-order valence-corrected chi connectivity index (χ2v) is 4.05. The average molecular weight is 180 g/mol. The minimum absolute atomic E-state index is 0.0127. The Morgan fingerprint density at radius 2 is 2.31 bits per heavy atom. The number of allylic oxidation sites excluding steroid dienone is 2. The Kier molecular flexibility index (Phi) is 2.38. The molecule has 0 N–H and O–H groups in total. The number of carbonyl (C=O) groups is 1. The number of carbonyl (C=O) groups excluding carboxylic acids is 1. The molecule has 2 rings (SSSR count). The van der Waals surface area contributed by atoms with E-state index in [0.717, 1.165) is 6.42 Å². The van der Waals surface area contributed by atoms with Crippen molar-refractivity contribution in [2.75, 3.05) is 7.11 Å². The molecule has 0 saturated heterocycles. The molecule has 0 aliphatic heterocycles. The molecule has 2 unspecified atom stereocenters. The molecule has 0 aromatic carbocycles. The topological polar surface area (TPSA) is 26.3 Å². The fourth-order valence-electron chi connectivity index (χ4n) is 2.75. The van der Waals surface area contributed by atoms with E-state index in [1.54, 1.807) is 0 Å². The molecule has 0 spiro atoms. The first-order valence-corrected chi connectivity index (χ1v) is 5.07. The second-order valence-electron chi connectivity index (χ2n) is 4.05. The van der Waals surface area contributed by atoms with Crippen molar-refractivity contribution in [2.24, 2.45) is 17.8 Å². The molecule has 3 atom stereocenters. The lowest BCUT2D eigenvalue weighted by molar-refractivity contribution is -0.147. The van der Waals surface area contributed by atoms with Crippen molar-refractivity contribution in [3.05, 3.63) is 12.2 Å². The molecule has 72 valence electrons. The van der Waals surface area contributed by atoms with Crippen LogP contribution in [0, 0.1) is 17.8 Å². The van der Waals surface area contributed by atoms with E-state index in [1.807, 2.05) is 0 Å². The first kappa shape index (κ1) is 8.79. The van der Waals surface area contributed by atoms with E-state index in [4.69, 9.17) is 4.74 Å². The number of hydrogen-bond acceptors (Lipinski definition) is 2. The summed E-state index contributed by atoms with van der Waals surface area (Å²) < 4.78 is 4.83. The fourth-order valence-corrected chi connectivity index (χ4v) is 2.75. The van der Waals surface area contributed by atoms with Gasteiger partial charge in [-0.1, -0.05) is 18.6 Å². The van der Waals surface area contributed by atoms with Crippen molar-refractivity contribution < 1.29 is 9.53 Å². The van der Waals surface area contributed by atoms with Gasteiger partial charge in [-0.2, -0.15) is 0 Å². The molecule has 2 aliphatic rings. The van der Waals surface area contributed by atoms with Crippen LogP contribution in [-0.4, -0.2) is 13.1 Å². The third kappa shape index (κ3) is 1.50. The molecule has 2 aliphatic carbocycles. The highest BCUT2D eigenvalue weighted by Gasteiger charge is 2.38. The average Bonchev–Trinajstić information content (AvgIpc) is 2.63. The van der Waals surface area contributed by atoms with E-state index in [2.05, 4.69) is 12.2 Å². The summed E-state index contributed by atoms with van der Waals surface area (Å²) in [6, 6.07) is 0. The van der Waals surface area contributed by atoms with Crippen LogP contribution in [0.5, 0.6) is 0 Å². The lowest BCUT2D eigenvalue weighted by atomic mass is 9.78. The smallest absolute Gasteiger partial charge is 0.309 e. The van der Waals surface area contributed by atoms with Crippen LogP contribution < -0.4 is 0 Å². The molecular weight excluding hydrogens is 164 g/mol. The number of ether oxygens (including phenoxy) is 1. The third-order valence-corrected chi connectivity index (χ3v) is 3.42. The monoisotopic (exact) mass is 180 g/mol. The predicted octanol–water partition coefficient (Wildman–Crippen LogP) is 2.15. The number of rotatable bonds is 1. The zero-order valence-electron chi connectivity index (χ0n) is 8.03. The van der Waals surface area contributed by atoms with Crippen molar-refractivity contribution in [1.82, 2.24) is 0 Å². The molecule has 2 heteroatoms. The molecule has 2 nitrogen and oxygen atoms in total. The molecule has 0 aromatic heterocycles. The molecule has 1 saturated carbocycles. The van der Waals surface area contributed by atoms with E-state index in [-0.39, 0.29) is 11.9 Å². The Labute approximate surface area is 79.0 Å². The standard InChI is InChI=1S/C11H16O2/c1-13-11(12)10-7-3-5-8-4-2-6-9(8)10/h3,5,8-10H,2,4,6-7H2,1H3/t8?,9?,10-/m0/s1. The first-order valence-electron chi connectivity index (χ1n) is 5.07. The largest absolute Gasteiger partial charge is 0.469 e. The van der Waals surface area contributed by atoms with Crippen LogP contribution in [-0.2, 0) is 9.53 Å². The Morgan fingerprint density at radius 3 is 3.08 bits per heavy atom. The summed E-state index contributed by atoms with van der Waals surface area (Å²) in [5.74, 6) is 1.35. The molecule has 0 amide bonds.